The molecule has 6 fully saturated rings. The highest BCUT2D eigenvalue weighted by Crippen LogP contribution is 2.05. The molecule has 0 saturated carbocycles. The Bertz CT molecular complexity index is 751. The van der Waals surface area contributed by atoms with Gasteiger partial charge >= 0.3 is 0 Å². The Morgan fingerprint density at radius 2 is 0.404 bits per heavy atom. The van der Waals surface area contributed by atoms with E-state index in [4.69, 9.17) is 0 Å². The third kappa shape index (κ3) is 126. The molecule has 12 heteroatoms. The van der Waals surface area contributed by atoms with Gasteiger partial charge < -0.3 is 59.4 Å². The quantitative estimate of drug-likeness (QED) is 0.236. The van der Waals surface area contributed by atoms with E-state index < -0.39 is 0 Å². The van der Waals surface area contributed by atoms with E-state index in [0.29, 0.717) is 0 Å². The molecule has 6 aliphatic rings. The fourth-order valence-electron chi connectivity index (χ4n) is 4.01. The van der Waals surface area contributed by atoms with Crippen molar-refractivity contribution >= 4 is 34.7 Å². The maximum Gasteiger partial charge on any atom is 0.126 e. The number of nitrogens with one attached hydrogen (secondary N) is 3. The van der Waals surface area contributed by atoms with Gasteiger partial charge in [-0.3, -0.25) is 0 Å². The largest absolute Gasteiger partial charge is 0.317 e. The second kappa shape index (κ2) is 55.9. The molecule has 0 aromatic carbocycles. The van der Waals surface area contributed by atoms with E-state index in [-0.39, 0.29) is 34.7 Å². The smallest absolute Gasteiger partial charge is 0.126 e. The molecule has 0 unspecified atom stereocenters. The Morgan fingerprint density at radius 3 is 0.474 bits per heavy atom. The first-order valence-electron chi connectivity index (χ1n) is 21.6. The number of likely N-dealkylation sites (tertiary alicyclic amines) is 3. The molecule has 57 heavy (non-hydrogen) atoms. The summed E-state index contributed by atoms with van der Waals surface area (Å²) in [6, 6.07) is 0. The Labute approximate surface area is 353 Å². The summed E-state index contributed by atoms with van der Waals surface area (Å²) in [5.41, 5.74) is 0. The summed E-state index contributed by atoms with van der Waals surface area (Å²) in [6.07, 6.45) is 16.9. The van der Waals surface area contributed by atoms with Crippen molar-refractivity contribution in [2.75, 3.05) is 99.7 Å². The standard InChI is InChI=1S/C6H13N.2C5H11N.2C4H9N.C3H7N.6C3H6O/c1-7-5-3-2-4-6-7;1-6-4-2-3-5-6;1-2-4-6-5-3-1;1-5-3-2-4-5;1-2-4-5-3-1;1-2-4-3-1;6*1-3(2)4/h2-6H2,1H3;2-5H2,1H3;6H,1-5H2;2-4H2,1H3;5H,1-4H2;4H,1-3H2;6*1-2H3. The lowest BCUT2D eigenvalue weighted by Gasteiger charge is -2.24. The Balaban J connectivity index is -0.000000125. The first-order chi connectivity index (χ1) is 26.6. The first-order valence-corrected chi connectivity index (χ1v) is 21.6. The zero-order valence-electron chi connectivity index (χ0n) is 40.3. The van der Waals surface area contributed by atoms with Crippen molar-refractivity contribution in [3.8, 4) is 0 Å². The molecule has 0 spiro atoms. The Hall–Kier alpha value is -2.22. The van der Waals surface area contributed by atoms with Crippen molar-refractivity contribution in [1.29, 1.82) is 0 Å². The Kier molecular flexibility index (Phi) is 65.3. The lowest BCUT2D eigenvalue weighted by molar-refractivity contribution is -0.115. The van der Waals surface area contributed by atoms with Crippen molar-refractivity contribution in [1.82, 2.24) is 30.7 Å². The van der Waals surface area contributed by atoms with Gasteiger partial charge in [0.1, 0.15) is 34.7 Å². The van der Waals surface area contributed by atoms with Crippen LogP contribution in [0.25, 0.3) is 0 Å². The zero-order chi connectivity index (χ0) is 45.3. The second-order valence-electron chi connectivity index (χ2n) is 15.9. The van der Waals surface area contributed by atoms with Gasteiger partial charge in [0.2, 0.25) is 0 Å². The lowest BCUT2D eigenvalue weighted by atomic mass is 10.1. The van der Waals surface area contributed by atoms with Gasteiger partial charge in [0, 0.05) is 0 Å². The molecule has 6 aliphatic heterocycles. The van der Waals surface area contributed by atoms with E-state index in [0.717, 1.165) is 0 Å². The van der Waals surface area contributed by atoms with E-state index in [1.807, 2.05) is 0 Å². The minimum absolute atomic E-state index is 0.167. The van der Waals surface area contributed by atoms with E-state index in [2.05, 4.69) is 51.8 Å². The highest BCUT2D eigenvalue weighted by molar-refractivity contribution is 5.73. The van der Waals surface area contributed by atoms with Crippen LogP contribution in [0.4, 0.5) is 0 Å². The van der Waals surface area contributed by atoms with E-state index >= 15 is 0 Å². The molecule has 0 atom stereocenters. The summed E-state index contributed by atoms with van der Waals surface area (Å²) in [5, 5.41) is 9.62. The minimum atomic E-state index is 0.167. The number of hydrogen-bond acceptors (Lipinski definition) is 12. The van der Waals surface area contributed by atoms with Crippen LogP contribution in [0.3, 0.4) is 0 Å². The van der Waals surface area contributed by atoms with Crippen LogP contribution >= 0.6 is 0 Å². The van der Waals surface area contributed by atoms with Crippen LogP contribution in [0.2, 0.25) is 0 Å². The predicted molar refractivity (Wildman–Crippen MR) is 245 cm³/mol. The fraction of sp³-hybridized carbons (Fsp3) is 0.867. The summed E-state index contributed by atoms with van der Waals surface area (Å²) < 4.78 is 0. The topological polar surface area (TPSA) is 148 Å². The minimum Gasteiger partial charge on any atom is -0.317 e. The normalized spacial score (nSPS) is 17.1. The fourth-order valence-corrected chi connectivity index (χ4v) is 4.01. The van der Waals surface area contributed by atoms with Gasteiger partial charge in [0.05, 0.1) is 0 Å². The molecular formula is C45H96N6O6. The van der Waals surface area contributed by atoms with Gasteiger partial charge in [0.25, 0.3) is 0 Å². The van der Waals surface area contributed by atoms with E-state index in [1.54, 1.807) is 0 Å². The van der Waals surface area contributed by atoms with Gasteiger partial charge in [-0.05, 0) is 247 Å². The highest BCUT2D eigenvalue weighted by Gasteiger charge is 2.05. The molecule has 0 radical (unpaired) electrons. The molecule has 342 valence electrons. The van der Waals surface area contributed by atoms with E-state index in [1.165, 1.54) is 239 Å². The van der Waals surface area contributed by atoms with Gasteiger partial charge in [-0.1, -0.05) is 12.8 Å². The third-order valence-corrected chi connectivity index (χ3v) is 6.86. The second-order valence-corrected chi connectivity index (χ2v) is 15.9. The molecule has 6 heterocycles. The summed E-state index contributed by atoms with van der Waals surface area (Å²) in [6.45, 7) is 33.8. The van der Waals surface area contributed by atoms with Crippen LogP contribution in [-0.4, -0.2) is 149 Å². The predicted octanol–water partition coefficient (Wildman–Crippen LogP) is 6.82. The number of hydrogen-bond donors (Lipinski definition) is 3. The molecule has 6 rings (SSSR count). The number of Topliss-reactive ketones (excluding diaryl/α,β-unsaturated/α-hetero) is 6. The molecular weight excluding hydrogens is 721 g/mol. The van der Waals surface area contributed by atoms with Gasteiger partial charge in [0.15, 0.2) is 0 Å². The molecule has 6 saturated heterocycles. The van der Waals surface area contributed by atoms with Crippen LogP contribution in [0.5, 0.6) is 0 Å². The molecule has 0 aromatic heterocycles. The van der Waals surface area contributed by atoms with Crippen LogP contribution in [0, 0.1) is 0 Å². The van der Waals surface area contributed by atoms with Crippen molar-refractivity contribution in [2.24, 2.45) is 0 Å². The SMILES string of the molecule is C1CCNC1.C1CCNCC1.C1CNC1.CC(C)=O.CC(C)=O.CC(C)=O.CC(C)=O.CC(C)=O.CC(C)=O.CN1CCC1.CN1CCCC1.CN1CCCCC1. The van der Waals surface area contributed by atoms with Crippen LogP contribution < -0.4 is 16.0 Å². The molecule has 3 N–H and O–H groups in total. The first kappa shape index (κ1) is 66.6. The number of carbonyl (C=O) groups excluding carboxylic acids is 6. The molecule has 0 bridgehead atoms. The number of rotatable bonds is 0. The zero-order valence-corrected chi connectivity index (χ0v) is 40.3. The third-order valence-electron chi connectivity index (χ3n) is 6.86. The number of carbonyl (C=O) groups is 6. The number of nitrogens with zero attached hydrogens (tertiary/aromatic N) is 3. The molecule has 0 amide bonds. The van der Waals surface area contributed by atoms with Gasteiger partial charge in [-0.25, -0.2) is 0 Å². The van der Waals surface area contributed by atoms with Crippen molar-refractivity contribution in [2.45, 2.75) is 160 Å². The maximum atomic E-state index is 9.44. The summed E-state index contributed by atoms with van der Waals surface area (Å²) in [5.74, 6) is 1.00. The van der Waals surface area contributed by atoms with Crippen molar-refractivity contribution in [3.63, 3.8) is 0 Å². The molecule has 12 nitrogen and oxygen atoms in total. The summed E-state index contributed by atoms with van der Waals surface area (Å²) in [4.78, 5) is 63.7. The summed E-state index contributed by atoms with van der Waals surface area (Å²) >= 11 is 0. The summed E-state index contributed by atoms with van der Waals surface area (Å²) in [7, 11) is 6.51. The molecule has 0 aromatic rings. The van der Waals surface area contributed by atoms with Crippen LogP contribution in [0.15, 0.2) is 0 Å². The average molecular weight is 817 g/mol. The van der Waals surface area contributed by atoms with Crippen molar-refractivity contribution in [3.05, 3.63) is 0 Å². The highest BCUT2D eigenvalue weighted by atomic mass is 16.1. The number of ketones is 6. The average Bonchev–Trinajstić information content (AvgIpc) is 3.78. The van der Waals surface area contributed by atoms with Crippen LogP contribution in [-0.2, 0) is 28.8 Å². The Morgan fingerprint density at radius 1 is 0.263 bits per heavy atom. The molecule has 0 aliphatic carbocycles. The van der Waals surface area contributed by atoms with E-state index in [9.17, 15) is 28.8 Å². The number of piperidine rings is 2. The monoisotopic (exact) mass is 817 g/mol. The lowest BCUT2D eigenvalue weighted by Crippen LogP contribution is -2.32. The van der Waals surface area contributed by atoms with Crippen molar-refractivity contribution < 1.29 is 28.8 Å². The van der Waals surface area contributed by atoms with Gasteiger partial charge in [-0.15, -0.1) is 0 Å². The van der Waals surface area contributed by atoms with Gasteiger partial charge in [-0.2, -0.15) is 0 Å². The maximum absolute atomic E-state index is 9.44. The van der Waals surface area contributed by atoms with Crippen LogP contribution in [0.1, 0.15) is 160 Å².